The van der Waals surface area contributed by atoms with Gasteiger partial charge in [0.2, 0.25) is 5.78 Å². The van der Waals surface area contributed by atoms with E-state index in [2.05, 4.69) is 5.32 Å². The average molecular weight is 426 g/mol. The number of carbonyl (C=O) groups is 3. The molecule has 6 nitrogen and oxygen atoms in total. The Kier molecular flexibility index (Phi) is 8.37. The first-order valence-corrected chi connectivity index (χ1v) is 10.5. The number of nitrogens with one attached hydrogen (secondary N) is 1. The normalized spacial score (nSPS) is 11.7. The van der Waals surface area contributed by atoms with Crippen molar-refractivity contribution in [1.82, 2.24) is 5.32 Å². The lowest BCUT2D eigenvalue weighted by Gasteiger charge is -2.21. The number of hydrogen-bond donors (Lipinski definition) is 1. The highest BCUT2D eigenvalue weighted by atomic mass is 16.5. The lowest BCUT2D eigenvalue weighted by molar-refractivity contribution is -0.145. The van der Waals surface area contributed by atoms with Crippen LogP contribution in [0.2, 0.25) is 0 Å². The molecule has 1 amide bonds. The van der Waals surface area contributed by atoms with Crippen molar-refractivity contribution in [2.45, 2.75) is 47.6 Å². The molecule has 31 heavy (non-hydrogen) atoms. The van der Waals surface area contributed by atoms with Gasteiger partial charge in [0.1, 0.15) is 11.8 Å². The number of benzene rings is 2. The van der Waals surface area contributed by atoms with E-state index in [1.165, 1.54) is 0 Å². The molecule has 0 bridgehead atoms. The molecule has 6 heteroatoms. The summed E-state index contributed by atoms with van der Waals surface area (Å²) in [7, 11) is 0. The standard InChI is InChI=1S/C25H31NO5/c1-7-30-22-11-9-8-10-19(22)24(28)26-23(15(2)3)25(29)31-14-21(27)20-13-17(5)16(4)12-18(20)6/h8-13,15,23H,7,14H2,1-6H3,(H,26,28)/t23-/m0/s1. The zero-order valence-electron chi connectivity index (χ0n) is 19.1. The molecule has 0 unspecified atom stereocenters. The van der Waals surface area contributed by atoms with Crippen LogP contribution in [-0.4, -0.2) is 36.9 Å². The fourth-order valence-electron chi connectivity index (χ4n) is 3.22. The van der Waals surface area contributed by atoms with Crippen molar-refractivity contribution in [2.75, 3.05) is 13.2 Å². The summed E-state index contributed by atoms with van der Waals surface area (Å²) < 4.78 is 10.8. The van der Waals surface area contributed by atoms with Gasteiger partial charge in [-0.1, -0.05) is 32.0 Å². The molecule has 0 aliphatic carbocycles. The highest BCUT2D eigenvalue weighted by Crippen LogP contribution is 2.19. The largest absolute Gasteiger partial charge is 0.493 e. The molecule has 0 saturated carbocycles. The molecule has 0 aliphatic heterocycles. The van der Waals surface area contributed by atoms with E-state index in [9.17, 15) is 14.4 Å². The zero-order chi connectivity index (χ0) is 23.1. The van der Waals surface area contributed by atoms with E-state index in [1.807, 2.05) is 39.8 Å². The van der Waals surface area contributed by atoms with Crippen LogP contribution in [0.4, 0.5) is 0 Å². The monoisotopic (exact) mass is 425 g/mol. The van der Waals surface area contributed by atoms with Gasteiger partial charge in [0, 0.05) is 5.56 Å². The minimum absolute atomic E-state index is 0.228. The summed E-state index contributed by atoms with van der Waals surface area (Å²) in [6, 6.07) is 9.70. The van der Waals surface area contributed by atoms with Crippen LogP contribution in [0.5, 0.6) is 5.75 Å². The maximum atomic E-state index is 12.8. The van der Waals surface area contributed by atoms with E-state index in [4.69, 9.17) is 9.47 Å². The van der Waals surface area contributed by atoms with Gasteiger partial charge in [-0.05, 0) is 68.5 Å². The maximum Gasteiger partial charge on any atom is 0.329 e. The van der Waals surface area contributed by atoms with Gasteiger partial charge in [0.15, 0.2) is 6.61 Å². The van der Waals surface area contributed by atoms with Gasteiger partial charge in [-0.25, -0.2) is 4.79 Å². The Morgan fingerprint density at radius 2 is 1.58 bits per heavy atom. The fraction of sp³-hybridized carbons (Fsp3) is 0.400. The number of ketones is 1. The highest BCUT2D eigenvalue weighted by molar-refractivity contribution is 6.01. The minimum atomic E-state index is -0.893. The smallest absolute Gasteiger partial charge is 0.329 e. The minimum Gasteiger partial charge on any atom is -0.493 e. The van der Waals surface area contributed by atoms with E-state index in [0.29, 0.717) is 23.5 Å². The van der Waals surface area contributed by atoms with E-state index >= 15 is 0 Å². The molecule has 2 aromatic rings. The Morgan fingerprint density at radius 1 is 0.935 bits per heavy atom. The van der Waals surface area contributed by atoms with Crippen molar-refractivity contribution in [1.29, 1.82) is 0 Å². The van der Waals surface area contributed by atoms with E-state index in [1.54, 1.807) is 38.1 Å². The number of hydrogen-bond acceptors (Lipinski definition) is 5. The first kappa shape index (κ1) is 24.1. The number of carbonyl (C=O) groups excluding carboxylic acids is 3. The number of Topliss-reactive ketones (excluding diaryl/α,β-unsaturated/α-hetero) is 1. The molecule has 166 valence electrons. The summed E-state index contributed by atoms with van der Waals surface area (Å²) in [6.45, 7) is 11.2. The lowest BCUT2D eigenvalue weighted by Crippen LogP contribution is -2.45. The Balaban J connectivity index is 2.08. The third-order valence-corrected chi connectivity index (χ3v) is 5.13. The van der Waals surface area contributed by atoms with Gasteiger partial charge >= 0.3 is 5.97 Å². The molecule has 0 heterocycles. The third-order valence-electron chi connectivity index (χ3n) is 5.13. The van der Waals surface area contributed by atoms with Crippen LogP contribution in [0, 0.1) is 26.7 Å². The maximum absolute atomic E-state index is 12.8. The lowest BCUT2D eigenvalue weighted by atomic mass is 9.98. The highest BCUT2D eigenvalue weighted by Gasteiger charge is 2.28. The SMILES string of the molecule is CCOc1ccccc1C(=O)N[C@H](C(=O)OCC(=O)c1cc(C)c(C)cc1C)C(C)C. The summed E-state index contributed by atoms with van der Waals surface area (Å²) in [5, 5.41) is 2.72. The molecular formula is C25H31NO5. The van der Waals surface area contributed by atoms with E-state index in [0.717, 1.165) is 16.7 Å². The quantitative estimate of drug-likeness (QED) is 0.481. The fourth-order valence-corrected chi connectivity index (χ4v) is 3.22. The molecule has 0 spiro atoms. The van der Waals surface area contributed by atoms with Crippen LogP contribution < -0.4 is 10.1 Å². The van der Waals surface area contributed by atoms with Crippen molar-refractivity contribution in [2.24, 2.45) is 5.92 Å². The molecule has 0 radical (unpaired) electrons. The Bertz CT molecular complexity index is 964. The number of ether oxygens (including phenoxy) is 2. The van der Waals surface area contributed by atoms with Crippen LogP contribution in [-0.2, 0) is 9.53 Å². The zero-order valence-corrected chi connectivity index (χ0v) is 19.1. The number of para-hydroxylation sites is 1. The van der Waals surface area contributed by atoms with Crippen LogP contribution >= 0.6 is 0 Å². The summed E-state index contributed by atoms with van der Waals surface area (Å²) in [4.78, 5) is 38.1. The van der Waals surface area contributed by atoms with Crippen molar-refractivity contribution in [3.63, 3.8) is 0 Å². The molecule has 0 aliphatic rings. The molecule has 2 aromatic carbocycles. The Labute approximate surface area is 183 Å². The number of esters is 1. The van der Waals surface area contributed by atoms with Crippen LogP contribution in [0.3, 0.4) is 0 Å². The second-order valence-corrected chi connectivity index (χ2v) is 7.91. The summed E-state index contributed by atoms with van der Waals surface area (Å²) in [5.41, 5.74) is 3.81. The summed E-state index contributed by atoms with van der Waals surface area (Å²) in [5.74, 6) is -1.14. The van der Waals surface area contributed by atoms with Gasteiger partial charge in [0.05, 0.1) is 12.2 Å². The first-order chi connectivity index (χ1) is 14.6. The third kappa shape index (κ3) is 6.17. The van der Waals surface area contributed by atoms with Crippen molar-refractivity contribution in [3.8, 4) is 5.75 Å². The van der Waals surface area contributed by atoms with Crippen LogP contribution in [0.1, 0.15) is 58.2 Å². The summed E-state index contributed by atoms with van der Waals surface area (Å²) >= 11 is 0. The van der Waals surface area contributed by atoms with Crippen molar-refractivity contribution < 1.29 is 23.9 Å². The van der Waals surface area contributed by atoms with E-state index < -0.39 is 17.9 Å². The molecule has 0 aromatic heterocycles. The second-order valence-electron chi connectivity index (χ2n) is 7.91. The van der Waals surface area contributed by atoms with Gasteiger partial charge in [-0.3, -0.25) is 9.59 Å². The number of amides is 1. The molecule has 1 N–H and O–H groups in total. The van der Waals surface area contributed by atoms with Crippen LogP contribution in [0.25, 0.3) is 0 Å². The molecule has 2 rings (SSSR count). The van der Waals surface area contributed by atoms with Crippen LogP contribution in [0.15, 0.2) is 36.4 Å². The number of rotatable bonds is 9. The topological polar surface area (TPSA) is 81.7 Å². The Morgan fingerprint density at radius 3 is 2.23 bits per heavy atom. The second kappa shape index (κ2) is 10.8. The first-order valence-electron chi connectivity index (χ1n) is 10.5. The van der Waals surface area contributed by atoms with Gasteiger partial charge in [-0.15, -0.1) is 0 Å². The van der Waals surface area contributed by atoms with Gasteiger partial charge in [0.25, 0.3) is 5.91 Å². The molecule has 0 saturated heterocycles. The predicted octanol–water partition coefficient (Wildman–Crippen LogP) is 4.19. The van der Waals surface area contributed by atoms with Gasteiger partial charge < -0.3 is 14.8 Å². The predicted molar refractivity (Wildman–Crippen MR) is 120 cm³/mol. The molecular weight excluding hydrogens is 394 g/mol. The molecule has 1 atom stereocenters. The Hall–Kier alpha value is -3.15. The van der Waals surface area contributed by atoms with E-state index in [-0.39, 0.29) is 18.3 Å². The average Bonchev–Trinajstić information content (AvgIpc) is 2.72. The van der Waals surface area contributed by atoms with Crippen molar-refractivity contribution >= 4 is 17.7 Å². The number of aryl methyl sites for hydroxylation is 3. The molecule has 0 fully saturated rings. The van der Waals surface area contributed by atoms with Crippen molar-refractivity contribution in [3.05, 3.63) is 64.2 Å². The van der Waals surface area contributed by atoms with Gasteiger partial charge in [-0.2, -0.15) is 0 Å². The summed E-state index contributed by atoms with van der Waals surface area (Å²) in [6.07, 6.45) is 0.